The first-order valence-electron chi connectivity index (χ1n) is 5.82. The Hall–Kier alpha value is -0.710. The molecule has 2 aliphatic rings. The molecule has 2 N–H and O–H groups in total. The van der Waals surface area contributed by atoms with E-state index in [9.17, 15) is 9.59 Å². The van der Waals surface area contributed by atoms with Crippen LogP contribution in [0.25, 0.3) is 0 Å². The molecule has 0 radical (unpaired) electrons. The van der Waals surface area contributed by atoms with Crippen molar-refractivity contribution in [3.8, 4) is 0 Å². The first-order chi connectivity index (χ1) is 7.60. The van der Waals surface area contributed by atoms with Gasteiger partial charge in [-0.2, -0.15) is 12.6 Å². The van der Waals surface area contributed by atoms with Gasteiger partial charge in [0.15, 0.2) is 0 Å². The first-order valence-corrected chi connectivity index (χ1v) is 6.45. The van der Waals surface area contributed by atoms with Gasteiger partial charge in [-0.25, -0.2) is 0 Å². The Morgan fingerprint density at radius 3 is 2.50 bits per heavy atom. The molecule has 4 nitrogen and oxygen atoms in total. The monoisotopic (exact) mass is 242 g/mol. The van der Waals surface area contributed by atoms with Crippen molar-refractivity contribution in [3.05, 3.63) is 0 Å². The van der Waals surface area contributed by atoms with Gasteiger partial charge in [0, 0.05) is 12.3 Å². The van der Waals surface area contributed by atoms with E-state index in [1.165, 1.54) is 6.42 Å². The molecule has 2 fully saturated rings. The zero-order chi connectivity index (χ0) is 11.8. The Balaban J connectivity index is 2.03. The fourth-order valence-corrected chi connectivity index (χ4v) is 3.25. The van der Waals surface area contributed by atoms with Crippen LogP contribution in [0.1, 0.15) is 32.1 Å². The Kier molecular flexibility index (Phi) is 3.15. The normalized spacial score (nSPS) is 25.3. The van der Waals surface area contributed by atoms with Crippen molar-refractivity contribution in [1.82, 2.24) is 4.90 Å². The molecule has 0 aromatic heterocycles. The summed E-state index contributed by atoms with van der Waals surface area (Å²) in [5, 5.41) is 0. The number of likely N-dealkylation sites (tertiary alicyclic amines) is 1. The maximum absolute atomic E-state index is 12.1. The van der Waals surface area contributed by atoms with Crippen LogP contribution in [0.15, 0.2) is 0 Å². The second-order valence-electron chi connectivity index (χ2n) is 4.87. The number of hydrogen-bond acceptors (Lipinski definition) is 3. The van der Waals surface area contributed by atoms with Crippen LogP contribution in [0.5, 0.6) is 0 Å². The molecule has 0 bridgehead atoms. The van der Waals surface area contributed by atoms with E-state index in [1.807, 2.05) is 0 Å². The van der Waals surface area contributed by atoms with Crippen molar-refractivity contribution < 1.29 is 9.59 Å². The first kappa shape index (κ1) is 11.8. The molecule has 1 heterocycles. The fraction of sp³-hybridized carbons (Fsp3) is 0.818. The van der Waals surface area contributed by atoms with Crippen molar-refractivity contribution in [2.45, 2.75) is 38.1 Å². The third kappa shape index (κ3) is 1.71. The molecular weight excluding hydrogens is 224 g/mol. The molecule has 1 saturated heterocycles. The molecule has 1 unspecified atom stereocenters. The lowest BCUT2D eigenvalue weighted by Gasteiger charge is -2.52. The van der Waals surface area contributed by atoms with E-state index < -0.39 is 11.9 Å². The Labute approximate surface area is 101 Å². The molecule has 16 heavy (non-hydrogen) atoms. The van der Waals surface area contributed by atoms with Crippen molar-refractivity contribution in [2.24, 2.45) is 11.1 Å². The summed E-state index contributed by atoms with van der Waals surface area (Å²) in [7, 11) is 0. The average molecular weight is 242 g/mol. The molecule has 1 aliphatic carbocycles. The van der Waals surface area contributed by atoms with E-state index in [4.69, 9.17) is 5.73 Å². The summed E-state index contributed by atoms with van der Waals surface area (Å²) in [6.07, 6.45) is 5.42. The number of hydrogen-bond donors (Lipinski definition) is 2. The quantitative estimate of drug-likeness (QED) is 0.561. The third-order valence-electron chi connectivity index (χ3n) is 3.88. The topological polar surface area (TPSA) is 63.4 Å². The highest BCUT2D eigenvalue weighted by molar-refractivity contribution is 7.80. The van der Waals surface area contributed by atoms with E-state index in [0.29, 0.717) is 12.3 Å². The second-order valence-corrected chi connectivity index (χ2v) is 5.24. The van der Waals surface area contributed by atoms with Gasteiger partial charge in [0.25, 0.3) is 0 Å². The summed E-state index contributed by atoms with van der Waals surface area (Å²) in [5.41, 5.74) is 5.10. The van der Waals surface area contributed by atoms with Gasteiger partial charge in [-0.15, -0.1) is 0 Å². The lowest BCUT2D eigenvalue weighted by atomic mass is 9.67. The number of primary amides is 1. The summed E-state index contributed by atoms with van der Waals surface area (Å²) in [4.78, 5) is 24.9. The standard InChI is InChI=1S/C11H18N2O2S/c12-9(14)8(6-16)13-7-11(10(13)15)4-2-1-3-5-11/h8,16H,1-7H2,(H2,12,14). The number of rotatable bonds is 3. The Morgan fingerprint density at radius 2 is 2.06 bits per heavy atom. The SMILES string of the molecule is NC(=O)C(CS)N1CC2(CCCCC2)C1=O. The molecule has 1 atom stereocenters. The predicted molar refractivity (Wildman–Crippen MR) is 64.1 cm³/mol. The number of carbonyl (C=O) groups is 2. The Bertz CT molecular complexity index is 313. The molecule has 0 aromatic rings. The average Bonchev–Trinajstić information content (AvgIpc) is 2.29. The molecular formula is C11H18N2O2S. The van der Waals surface area contributed by atoms with Crippen LogP contribution >= 0.6 is 12.6 Å². The van der Waals surface area contributed by atoms with E-state index in [-0.39, 0.29) is 11.3 Å². The smallest absolute Gasteiger partial charge is 0.241 e. The summed E-state index contributed by atoms with van der Waals surface area (Å²) in [6, 6.07) is -0.525. The third-order valence-corrected chi connectivity index (χ3v) is 4.22. The molecule has 90 valence electrons. The second kappa shape index (κ2) is 4.28. The van der Waals surface area contributed by atoms with Crippen LogP contribution in [0, 0.1) is 5.41 Å². The van der Waals surface area contributed by atoms with Gasteiger partial charge in [-0.05, 0) is 12.8 Å². The minimum atomic E-state index is -0.525. The minimum Gasteiger partial charge on any atom is -0.368 e. The largest absolute Gasteiger partial charge is 0.368 e. The van der Waals surface area contributed by atoms with E-state index in [0.717, 1.165) is 25.7 Å². The number of carbonyl (C=O) groups excluding carboxylic acids is 2. The molecule has 0 aromatic carbocycles. The molecule has 1 spiro atoms. The lowest BCUT2D eigenvalue weighted by Crippen LogP contribution is -2.67. The number of β-lactam (4-membered cyclic amide) rings is 1. The van der Waals surface area contributed by atoms with Gasteiger partial charge < -0.3 is 10.6 Å². The zero-order valence-electron chi connectivity index (χ0n) is 9.32. The maximum atomic E-state index is 12.1. The van der Waals surface area contributed by atoms with E-state index in [2.05, 4.69) is 12.6 Å². The van der Waals surface area contributed by atoms with Crippen molar-refractivity contribution >= 4 is 24.4 Å². The van der Waals surface area contributed by atoms with Gasteiger partial charge in [-0.1, -0.05) is 19.3 Å². The van der Waals surface area contributed by atoms with Crippen molar-refractivity contribution in [3.63, 3.8) is 0 Å². The highest BCUT2D eigenvalue weighted by Gasteiger charge is 2.54. The molecule has 1 aliphatic heterocycles. The Morgan fingerprint density at radius 1 is 1.44 bits per heavy atom. The van der Waals surface area contributed by atoms with Gasteiger partial charge in [0.2, 0.25) is 11.8 Å². The van der Waals surface area contributed by atoms with Crippen LogP contribution in [-0.4, -0.2) is 35.1 Å². The summed E-state index contributed by atoms with van der Waals surface area (Å²) in [6.45, 7) is 0.694. The minimum absolute atomic E-state index is 0.116. The predicted octanol–water partition coefficient (Wildman–Crippen LogP) is 0.563. The number of nitrogens with zero attached hydrogens (tertiary/aromatic N) is 1. The van der Waals surface area contributed by atoms with Gasteiger partial charge in [0.1, 0.15) is 6.04 Å². The highest BCUT2D eigenvalue weighted by Crippen LogP contribution is 2.45. The molecule has 1 saturated carbocycles. The van der Waals surface area contributed by atoms with E-state index >= 15 is 0 Å². The summed E-state index contributed by atoms with van der Waals surface area (Å²) >= 11 is 4.08. The van der Waals surface area contributed by atoms with Crippen LogP contribution in [0.3, 0.4) is 0 Å². The van der Waals surface area contributed by atoms with Crippen molar-refractivity contribution in [2.75, 3.05) is 12.3 Å². The van der Waals surface area contributed by atoms with Gasteiger partial charge in [0.05, 0.1) is 5.41 Å². The molecule has 2 rings (SSSR count). The fourth-order valence-electron chi connectivity index (χ4n) is 2.87. The molecule has 2 amide bonds. The van der Waals surface area contributed by atoms with Crippen LogP contribution in [0.4, 0.5) is 0 Å². The van der Waals surface area contributed by atoms with Crippen molar-refractivity contribution in [1.29, 1.82) is 0 Å². The van der Waals surface area contributed by atoms with E-state index in [1.54, 1.807) is 4.90 Å². The summed E-state index contributed by atoms with van der Waals surface area (Å²) in [5.74, 6) is -0.0176. The van der Waals surface area contributed by atoms with Gasteiger partial charge >= 0.3 is 0 Å². The lowest BCUT2D eigenvalue weighted by molar-refractivity contribution is -0.169. The number of amides is 2. The van der Waals surface area contributed by atoms with Crippen LogP contribution in [0.2, 0.25) is 0 Å². The summed E-state index contributed by atoms with van der Waals surface area (Å²) < 4.78 is 0. The van der Waals surface area contributed by atoms with Crippen LogP contribution < -0.4 is 5.73 Å². The van der Waals surface area contributed by atoms with Gasteiger partial charge in [-0.3, -0.25) is 9.59 Å². The maximum Gasteiger partial charge on any atom is 0.241 e. The number of thiol groups is 1. The zero-order valence-corrected chi connectivity index (χ0v) is 10.2. The number of nitrogens with two attached hydrogens (primary N) is 1. The molecule has 5 heteroatoms. The highest BCUT2D eigenvalue weighted by atomic mass is 32.1. The van der Waals surface area contributed by atoms with Crippen LogP contribution in [-0.2, 0) is 9.59 Å².